The molecule has 2 aliphatic heterocycles. The van der Waals surface area contributed by atoms with Crippen LogP contribution >= 0.6 is 23.2 Å². The molecule has 2 N–H and O–H groups in total. The van der Waals surface area contributed by atoms with E-state index in [4.69, 9.17) is 23.2 Å². The van der Waals surface area contributed by atoms with E-state index in [2.05, 4.69) is 5.32 Å². The van der Waals surface area contributed by atoms with E-state index in [1.807, 2.05) is 0 Å². The minimum absolute atomic E-state index is 0.0366. The summed E-state index contributed by atoms with van der Waals surface area (Å²) in [6.07, 6.45) is 4.00. The molecule has 1 saturated heterocycles. The first kappa shape index (κ1) is 19.8. The maximum absolute atomic E-state index is 12.7. The number of pyridine rings is 1. The number of aromatic nitrogens is 1. The molecule has 1 aromatic heterocycles. The second-order valence-electron chi connectivity index (χ2n) is 7.30. The molecule has 0 radical (unpaired) electrons. The lowest BCUT2D eigenvalue weighted by atomic mass is 10.1. The molecule has 4 rings (SSSR count). The number of amides is 2. The third kappa shape index (κ3) is 3.60. The zero-order valence-corrected chi connectivity index (χ0v) is 17.0. The Hall–Kier alpha value is -2.51. The number of halogens is 2. The number of rotatable bonds is 3. The molecule has 0 saturated carbocycles. The molecule has 152 valence electrons. The van der Waals surface area contributed by atoms with E-state index < -0.39 is 17.1 Å². The van der Waals surface area contributed by atoms with Crippen molar-refractivity contribution in [2.75, 3.05) is 13.1 Å². The zero-order chi connectivity index (χ0) is 20.7. The first-order chi connectivity index (χ1) is 13.9. The second kappa shape index (κ2) is 7.72. The molecular formula is C20H19Cl2N3O4. The van der Waals surface area contributed by atoms with Gasteiger partial charge in [-0.05, 0) is 37.0 Å². The number of aromatic hydroxyl groups is 1. The van der Waals surface area contributed by atoms with E-state index in [9.17, 15) is 19.5 Å². The van der Waals surface area contributed by atoms with Crippen molar-refractivity contribution < 1.29 is 14.7 Å². The van der Waals surface area contributed by atoms with Crippen LogP contribution in [0.4, 0.5) is 0 Å². The summed E-state index contributed by atoms with van der Waals surface area (Å²) >= 11 is 12.0. The molecule has 1 atom stereocenters. The fourth-order valence-electron chi connectivity index (χ4n) is 3.90. The van der Waals surface area contributed by atoms with Gasteiger partial charge in [-0.25, -0.2) is 0 Å². The molecular weight excluding hydrogens is 417 g/mol. The Bertz CT molecular complexity index is 1070. The van der Waals surface area contributed by atoms with Crippen LogP contribution in [0.5, 0.6) is 5.75 Å². The predicted molar refractivity (Wildman–Crippen MR) is 109 cm³/mol. The summed E-state index contributed by atoms with van der Waals surface area (Å²) in [6, 6.07) is 4.82. The van der Waals surface area contributed by atoms with Crippen LogP contribution < -0.4 is 10.7 Å². The van der Waals surface area contributed by atoms with Crippen molar-refractivity contribution in [1.82, 2.24) is 14.8 Å². The highest BCUT2D eigenvalue weighted by Crippen LogP contribution is 2.31. The van der Waals surface area contributed by atoms with E-state index in [0.29, 0.717) is 28.7 Å². The lowest BCUT2D eigenvalue weighted by molar-refractivity contribution is 0.0677. The van der Waals surface area contributed by atoms with Crippen LogP contribution in [0.25, 0.3) is 0 Å². The third-order valence-corrected chi connectivity index (χ3v) is 6.03. The Morgan fingerprint density at radius 2 is 2.03 bits per heavy atom. The van der Waals surface area contributed by atoms with Crippen molar-refractivity contribution >= 4 is 35.0 Å². The number of carbonyl (C=O) groups excluding carboxylic acids is 2. The highest BCUT2D eigenvalue weighted by Gasteiger charge is 2.36. The van der Waals surface area contributed by atoms with Crippen molar-refractivity contribution in [2.24, 2.45) is 0 Å². The number of benzene rings is 1. The minimum Gasteiger partial charge on any atom is -0.503 e. The van der Waals surface area contributed by atoms with Gasteiger partial charge >= 0.3 is 0 Å². The molecule has 0 aliphatic carbocycles. The molecule has 3 heterocycles. The van der Waals surface area contributed by atoms with E-state index in [0.717, 1.165) is 19.3 Å². The monoisotopic (exact) mass is 435 g/mol. The minimum atomic E-state index is -0.857. The van der Waals surface area contributed by atoms with E-state index in [1.54, 1.807) is 27.7 Å². The average Bonchev–Trinajstić information content (AvgIpc) is 2.91. The fourth-order valence-corrected chi connectivity index (χ4v) is 4.37. The Morgan fingerprint density at radius 1 is 1.24 bits per heavy atom. The molecule has 0 spiro atoms. The van der Waals surface area contributed by atoms with E-state index in [-0.39, 0.29) is 29.8 Å². The van der Waals surface area contributed by atoms with Crippen molar-refractivity contribution in [3.8, 4) is 5.75 Å². The number of hydrogen-bond donors (Lipinski definition) is 2. The van der Waals surface area contributed by atoms with Gasteiger partial charge in [0.25, 0.3) is 11.8 Å². The van der Waals surface area contributed by atoms with Gasteiger partial charge in [-0.2, -0.15) is 0 Å². The molecule has 0 unspecified atom stereocenters. The first-order valence-corrected chi connectivity index (χ1v) is 10.1. The Labute approximate surface area is 176 Å². The van der Waals surface area contributed by atoms with Gasteiger partial charge in [0.05, 0.1) is 6.04 Å². The quantitative estimate of drug-likeness (QED) is 0.774. The molecule has 2 aromatic rings. The second-order valence-corrected chi connectivity index (χ2v) is 8.14. The summed E-state index contributed by atoms with van der Waals surface area (Å²) in [7, 11) is 0. The predicted octanol–water partition coefficient (Wildman–Crippen LogP) is 2.97. The van der Waals surface area contributed by atoms with Crippen molar-refractivity contribution in [3.63, 3.8) is 0 Å². The Kier molecular flexibility index (Phi) is 5.27. The van der Waals surface area contributed by atoms with Crippen LogP contribution in [0.1, 0.15) is 51.7 Å². The van der Waals surface area contributed by atoms with Gasteiger partial charge in [-0.3, -0.25) is 14.4 Å². The number of hydrogen-bond acceptors (Lipinski definition) is 4. The van der Waals surface area contributed by atoms with Gasteiger partial charge in [0.1, 0.15) is 5.56 Å². The van der Waals surface area contributed by atoms with Gasteiger partial charge in [-0.1, -0.05) is 29.3 Å². The molecule has 2 bridgehead atoms. The number of nitrogens with zero attached hydrogens (tertiary/aromatic N) is 2. The smallest absolute Gasteiger partial charge is 0.274 e. The Balaban J connectivity index is 1.66. The van der Waals surface area contributed by atoms with Gasteiger partial charge in [-0.15, -0.1) is 0 Å². The lowest BCUT2D eigenvalue weighted by Gasteiger charge is -2.34. The molecule has 7 nitrogen and oxygen atoms in total. The van der Waals surface area contributed by atoms with E-state index >= 15 is 0 Å². The summed E-state index contributed by atoms with van der Waals surface area (Å²) in [5.41, 5.74) is -0.460. The van der Waals surface area contributed by atoms with Crippen LogP contribution in [0.3, 0.4) is 0 Å². The normalized spacial score (nSPS) is 18.2. The van der Waals surface area contributed by atoms with Gasteiger partial charge in [0.2, 0.25) is 5.43 Å². The topological polar surface area (TPSA) is 91.6 Å². The fraction of sp³-hybridized carbons (Fsp3) is 0.350. The van der Waals surface area contributed by atoms with Gasteiger partial charge in [0, 0.05) is 35.9 Å². The maximum Gasteiger partial charge on any atom is 0.274 e. The summed E-state index contributed by atoms with van der Waals surface area (Å²) in [5, 5.41) is 14.0. The van der Waals surface area contributed by atoms with E-state index in [1.165, 1.54) is 6.20 Å². The number of nitrogens with one attached hydrogen (secondary N) is 1. The van der Waals surface area contributed by atoms with Crippen LogP contribution in [0, 0.1) is 0 Å². The van der Waals surface area contributed by atoms with Crippen LogP contribution in [0.15, 0.2) is 29.2 Å². The van der Waals surface area contributed by atoms with Crippen LogP contribution in [-0.2, 0) is 6.54 Å². The Morgan fingerprint density at radius 3 is 2.79 bits per heavy atom. The molecule has 29 heavy (non-hydrogen) atoms. The highest BCUT2D eigenvalue weighted by atomic mass is 35.5. The first-order valence-electron chi connectivity index (χ1n) is 9.36. The van der Waals surface area contributed by atoms with Crippen LogP contribution in [0.2, 0.25) is 10.0 Å². The number of fused-ring (bicyclic) bond motifs is 4. The molecule has 9 heteroatoms. The SMILES string of the molecule is O=C(NCc1ccc(Cl)cc1Cl)c1cn2c(c(O)c1=O)C(=O)N1CCCC[C@H]2C1. The standard InChI is InChI=1S/C20H19Cl2N3O4/c21-12-5-4-11(15(22)7-12)8-23-19(28)14-10-25-13-3-1-2-6-24(9-13)20(29)16(25)18(27)17(14)26/h4-5,7,10,13,27H,1-3,6,8-9H2,(H,23,28)/t13-/m0/s1. The largest absolute Gasteiger partial charge is 0.503 e. The molecule has 1 fully saturated rings. The molecule has 2 amide bonds. The highest BCUT2D eigenvalue weighted by molar-refractivity contribution is 6.35. The number of carbonyl (C=O) groups is 2. The summed E-state index contributed by atoms with van der Waals surface area (Å²) in [6.45, 7) is 1.20. The third-order valence-electron chi connectivity index (χ3n) is 5.44. The van der Waals surface area contributed by atoms with Crippen LogP contribution in [-0.4, -0.2) is 39.5 Å². The van der Waals surface area contributed by atoms with Crippen molar-refractivity contribution in [3.05, 3.63) is 61.5 Å². The van der Waals surface area contributed by atoms with Gasteiger partial charge in [0.15, 0.2) is 11.4 Å². The van der Waals surface area contributed by atoms with Crippen molar-refractivity contribution in [2.45, 2.75) is 31.8 Å². The lowest BCUT2D eigenvalue weighted by Crippen LogP contribution is -2.44. The zero-order valence-electron chi connectivity index (χ0n) is 15.5. The average molecular weight is 436 g/mol. The molecule has 1 aromatic carbocycles. The summed E-state index contributed by atoms with van der Waals surface area (Å²) in [4.78, 5) is 39.6. The maximum atomic E-state index is 12.7. The van der Waals surface area contributed by atoms with Crippen molar-refractivity contribution in [1.29, 1.82) is 0 Å². The summed E-state index contributed by atoms with van der Waals surface area (Å²) in [5.74, 6) is -1.70. The molecule has 2 aliphatic rings. The summed E-state index contributed by atoms with van der Waals surface area (Å²) < 4.78 is 1.59. The van der Waals surface area contributed by atoms with Gasteiger partial charge < -0.3 is 19.9 Å².